The third kappa shape index (κ3) is 2.25. The number of ether oxygens (including phenoxy) is 1. The van der Waals surface area contributed by atoms with Crippen molar-refractivity contribution in [3.8, 4) is 5.75 Å². The molecule has 1 aliphatic heterocycles. The fourth-order valence-electron chi connectivity index (χ4n) is 5.88. The van der Waals surface area contributed by atoms with Crippen LogP contribution in [0.1, 0.15) is 34.1 Å². The molecule has 2 atom stereocenters. The van der Waals surface area contributed by atoms with E-state index in [1.807, 2.05) is 48.5 Å². The smallest absolute Gasteiger partial charge is 0.273 e. The molecule has 4 aliphatic rings. The third-order valence-electron chi connectivity index (χ3n) is 7.06. The highest BCUT2D eigenvalue weighted by molar-refractivity contribution is 6.24. The van der Waals surface area contributed by atoms with Gasteiger partial charge in [0.2, 0.25) is 11.8 Å². The van der Waals surface area contributed by atoms with Crippen LogP contribution in [0, 0.1) is 22.0 Å². The lowest BCUT2D eigenvalue weighted by Crippen LogP contribution is -2.41. The molecule has 0 spiro atoms. The summed E-state index contributed by atoms with van der Waals surface area (Å²) in [5, 5.41) is 11.2. The molecule has 32 heavy (non-hydrogen) atoms. The van der Waals surface area contributed by atoms with E-state index in [1.54, 1.807) is 0 Å². The summed E-state index contributed by atoms with van der Waals surface area (Å²) in [6.45, 7) is 0. The number of anilines is 1. The fraction of sp³-hybridized carbons (Fsp3) is 0.200. The Hall–Kier alpha value is -4.00. The van der Waals surface area contributed by atoms with Crippen LogP contribution < -0.4 is 9.64 Å². The van der Waals surface area contributed by atoms with Crippen molar-refractivity contribution in [2.24, 2.45) is 11.8 Å². The number of hydrogen-bond donors (Lipinski definition) is 0. The van der Waals surface area contributed by atoms with Gasteiger partial charge >= 0.3 is 0 Å². The number of methoxy groups -OCH3 is 1. The summed E-state index contributed by atoms with van der Waals surface area (Å²) in [4.78, 5) is 39.4. The number of nitrogens with zero attached hydrogens (tertiary/aromatic N) is 2. The van der Waals surface area contributed by atoms with Gasteiger partial charge in [-0.25, -0.2) is 4.90 Å². The van der Waals surface area contributed by atoms with Crippen molar-refractivity contribution in [1.29, 1.82) is 0 Å². The number of imide groups is 1. The quantitative estimate of drug-likeness (QED) is 0.359. The molecule has 7 rings (SSSR count). The molecular formula is C25H18N2O5. The van der Waals surface area contributed by atoms with Crippen molar-refractivity contribution >= 4 is 23.2 Å². The standard InChI is InChI=1S/C25H18N2O5/c1-32-19-12-13(27(30)31)10-11-18(19)26-24(28)22-20-14-6-2-3-7-15(14)21(23(22)25(26)29)17-9-5-4-8-16(17)20/h2-12,20-23H,1H3/t20?,21?,22-,23-/m0/s1. The lowest BCUT2D eigenvalue weighted by molar-refractivity contribution is -0.384. The highest BCUT2D eigenvalue weighted by Gasteiger charge is 2.62. The van der Waals surface area contributed by atoms with Gasteiger partial charge in [0.15, 0.2) is 0 Å². The van der Waals surface area contributed by atoms with Crippen molar-refractivity contribution in [2.45, 2.75) is 11.8 Å². The van der Waals surface area contributed by atoms with Gasteiger partial charge in [0.25, 0.3) is 5.69 Å². The second-order valence-electron chi connectivity index (χ2n) is 8.39. The molecular weight excluding hydrogens is 408 g/mol. The first-order valence-electron chi connectivity index (χ1n) is 10.4. The van der Waals surface area contributed by atoms with E-state index in [9.17, 15) is 19.7 Å². The lowest BCUT2D eigenvalue weighted by atomic mass is 9.55. The number of carbonyl (C=O) groups excluding carboxylic acids is 2. The van der Waals surface area contributed by atoms with Gasteiger partial charge in [-0.15, -0.1) is 0 Å². The molecule has 0 N–H and O–H groups in total. The highest BCUT2D eigenvalue weighted by atomic mass is 16.6. The van der Waals surface area contributed by atoms with Crippen molar-refractivity contribution in [2.75, 3.05) is 12.0 Å². The van der Waals surface area contributed by atoms with Crippen LogP contribution in [-0.4, -0.2) is 23.8 Å². The maximum absolute atomic E-state index is 13.8. The monoisotopic (exact) mass is 426 g/mol. The Morgan fingerprint density at radius 1 is 0.812 bits per heavy atom. The van der Waals surface area contributed by atoms with Crippen molar-refractivity contribution in [3.63, 3.8) is 0 Å². The van der Waals surface area contributed by atoms with E-state index in [1.165, 1.54) is 30.2 Å². The minimum Gasteiger partial charge on any atom is -0.494 e. The van der Waals surface area contributed by atoms with Crippen molar-refractivity contribution in [3.05, 3.63) is 99.1 Å². The molecule has 2 amide bonds. The van der Waals surface area contributed by atoms with E-state index in [4.69, 9.17) is 4.74 Å². The van der Waals surface area contributed by atoms with Gasteiger partial charge in [-0.05, 0) is 28.3 Å². The van der Waals surface area contributed by atoms with Gasteiger partial charge in [0.05, 0.1) is 35.6 Å². The number of benzene rings is 3. The number of amides is 2. The van der Waals surface area contributed by atoms with Crippen LogP contribution in [0.25, 0.3) is 0 Å². The van der Waals surface area contributed by atoms with Crippen LogP contribution in [0.2, 0.25) is 0 Å². The van der Waals surface area contributed by atoms with E-state index < -0.39 is 16.8 Å². The summed E-state index contributed by atoms with van der Waals surface area (Å²) < 4.78 is 5.34. The van der Waals surface area contributed by atoms with Crippen LogP contribution in [-0.2, 0) is 9.59 Å². The topological polar surface area (TPSA) is 89.8 Å². The Balaban J connectivity index is 1.53. The predicted octanol–water partition coefficient (Wildman–Crippen LogP) is 4.00. The Kier molecular flexibility index (Phi) is 3.81. The Bertz CT molecular complexity index is 1220. The first-order chi connectivity index (χ1) is 15.5. The molecule has 0 unspecified atom stereocenters. The van der Waals surface area contributed by atoms with Crippen LogP contribution in [0.4, 0.5) is 11.4 Å². The molecule has 3 aromatic rings. The SMILES string of the molecule is COc1cc([N+](=O)[O-])ccc1N1C(=O)[C@H]2C3c4ccccc4C(c4ccccc43)[C@@H]2C1=O. The zero-order chi connectivity index (χ0) is 22.1. The largest absolute Gasteiger partial charge is 0.494 e. The Labute approximate surface area is 183 Å². The molecule has 7 heteroatoms. The summed E-state index contributed by atoms with van der Waals surface area (Å²) in [7, 11) is 1.37. The van der Waals surface area contributed by atoms with Crippen LogP contribution in [0.3, 0.4) is 0 Å². The zero-order valence-corrected chi connectivity index (χ0v) is 17.1. The van der Waals surface area contributed by atoms with Crippen LogP contribution in [0.15, 0.2) is 66.7 Å². The van der Waals surface area contributed by atoms with Gasteiger partial charge in [-0.2, -0.15) is 0 Å². The van der Waals surface area contributed by atoms with E-state index >= 15 is 0 Å². The van der Waals surface area contributed by atoms with Crippen LogP contribution in [0.5, 0.6) is 5.75 Å². The highest BCUT2D eigenvalue weighted by Crippen LogP contribution is 2.61. The zero-order valence-electron chi connectivity index (χ0n) is 17.1. The van der Waals surface area contributed by atoms with Gasteiger partial charge in [0.1, 0.15) is 5.75 Å². The first kappa shape index (κ1) is 18.7. The van der Waals surface area contributed by atoms with Crippen molar-refractivity contribution < 1.29 is 19.2 Å². The number of non-ortho nitro benzene ring substituents is 1. The maximum Gasteiger partial charge on any atom is 0.273 e. The third-order valence-corrected chi connectivity index (χ3v) is 7.06. The molecule has 1 fully saturated rings. The summed E-state index contributed by atoms with van der Waals surface area (Å²) in [5.74, 6) is -1.89. The van der Waals surface area contributed by atoms with Gasteiger partial charge in [-0.1, -0.05) is 48.5 Å². The number of nitro benzene ring substituents is 1. The Morgan fingerprint density at radius 3 is 1.69 bits per heavy atom. The fourth-order valence-corrected chi connectivity index (χ4v) is 5.88. The van der Waals surface area contributed by atoms with Gasteiger partial charge in [-0.3, -0.25) is 19.7 Å². The average molecular weight is 426 g/mol. The molecule has 2 bridgehead atoms. The van der Waals surface area contributed by atoms with Gasteiger partial charge < -0.3 is 4.74 Å². The molecule has 3 aliphatic carbocycles. The molecule has 3 aromatic carbocycles. The number of carbonyl (C=O) groups is 2. The molecule has 0 aromatic heterocycles. The molecule has 0 radical (unpaired) electrons. The van der Waals surface area contributed by atoms with Gasteiger partial charge in [0, 0.05) is 17.9 Å². The van der Waals surface area contributed by atoms with E-state index in [2.05, 4.69) is 0 Å². The summed E-state index contributed by atoms with van der Waals surface area (Å²) in [5.41, 5.74) is 4.46. The van der Waals surface area contributed by atoms with E-state index in [-0.39, 0.29) is 40.8 Å². The van der Waals surface area contributed by atoms with Crippen LogP contribution >= 0.6 is 0 Å². The minimum absolute atomic E-state index is 0.127. The summed E-state index contributed by atoms with van der Waals surface area (Å²) in [6, 6.07) is 20.0. The Morgan fingerprint density at radius 2 is 1.28 bits per heavy atom. The second kappa shape index (κ2) is 6.50. The number of hydrogen-bond acceptors (Lipinski definition) is 5. The predicted molar refractivity (Wildman–Crippen MR) is 116 cm³/mol. The normalized spacial score (nSPS) is 24.7. The molecule has 158 valence electrons. The molecule has 0 saturated carbocycles. The maximum atomic E-state index is 13.8. The molecule has 7 nitrogen and oxygen atoms in total. The van der Waals surface area contributed by atoms with E-state index in [0.29, 0.717) is 0 Å². The first-order valence-corrected chi connectivity index (χ1v) is 10.4. The minimum atomic E-state index is -0.535. The van der Waals surface area contributed by atoms with E-state index in [0.717, 1.165) is 22.3 Å². The lowest BCUT2D eigenvalue weighted by Gasteiger charge is -2.45. The summed E-state index contributed by atoms with van der Waals surface area (Å²) in [6.07, 6.45) is 0. The van der Waals surface area contributed by atoms with Crippen molar-refractivity contribution in [1.82, 2.24) is 0 Å². The second-order valence-corrected chi connectivity index (χ2v) is 8.39. The average Bonchev–Trinajstić information content (AvgIpc) is 3.09. The molecule has 1 saturated heterocycles. The summed E-state index contributed by atoms with van der Waals surface area (Å²) >= 11 is 0. The number of nitro groups is 1. The molecule has 1 heterocycles. The number of rotatable bonds is 3.